The van der Waals surface area contributed by atoms with Crippen LogP contribution in [0.2, 0.25) is 0 Å². The highest BCUT2D eigenvalue weighted by atomic mass is 35.5. The lowest BCUT2D eigenvalue weighted by Gasteiger charge is -2.09. The summed E-state index contributed by atoms with van der Waals surface area (Å²) in [7, 11) is 0. The summed E-state index contributed by atoms with van der Waals surface area (Å²) >= 11 is 6.03. The lowest BCUT2D eigenvalue weighted by atomic mass is 10.4. The number of fused-ring (bicyclic) bond motifs is 1. The van der Waals surface area contributed by atoms with E-state index >= 15 is 0 Å². The van der Waals surface area contributed by atoms with Crippen LogP contribution in [0.25, 0.3) is 11.2 Å². The van der Waals surface area contributed by atoms with Gasteiger partial charge in [0, 0.05) is 19.7 Å². The van der Waals surface area contributed by atoms with Crippen molar-refractivity contribution in [2.45, 2.75) is 45.7 Å². The van der Waals surface area contributed by atoms with Crippen LogP contribution in [0.5, 0.6) is 0 Å². The Morgan fingerprint density at radius 2 is 2.20 bits per heavy atom. The smallest absolute Gasteiger partial charge is 0.159 e. The lowest BCUT2D eigenvalue weighted by Crippen LogP contribution is -2.12. The van der Waals surface area contributed by atoms with Gasteiger partial charge in [-0.15, -0.1) is 11.6 Å². The number of alkyl halides is 1. The molecule has 0 aliphatic heterocycles. The quantitative estimate of drug-likeness (QED) is 0.583. The number of aromatic nitrogens is 4. The van der Waals surface area contributed by atoms with Crippen molar-refractivity contribution in [3.8, 4) is 0 Å². The lowest BCUT2D eigenvalue weighted by molar-refractivity contribution is 0.117. The zero-order valence-electron chi connectivity index (χ0n) is 12.1. The van der Waals surface area contributed by atoms with Crippen molar-refractivity contribution >= 4 is 22.8 Å². The minimum atomic E-state index is 0.417. The van der Waals surface area contributed by atoms with Gasteiger partial charge >= 0.3 is 0 Å². The molecule has 0 radical (unpaired) electrons. The standard InChI is InChI=1S/C14H21ClN4O/c1-3-19-14-13(10(2)17-19)16-12(8-15)18(14)6-7-20-9-11-4-5-11/h11H,3-9H2,1-2H3. The molecule has 2 heterocycles. The third kappa shape index (κ3) is 2.56. The molecule has 0 bridgehead atoms. The van der Waals surface area contributed by atoms with Crippen molar-refractivity contribution in [3.05, 3.63) is 11.5 Å². The fourth-order valence-electron chi connectivity index (χ4n) is 2.52. The Labute approximate surface area is 123 Å². The molecule has 0 amide bonds. The van der Waals surface area contributed by atoms with Gasteiger partial charge in [0.1, 0.15) is 11.3 Å². The van der Waals surface area contributed by atoms with Gasteiger partial charge in [0.2, 0.25) is 0 Å². The summed E-state index contributed by atoms with van der Waals surface area (Å²) in [6.45, 7) is 7.30. The molecule has 5 nitrogen and oxygen atoms in total. The molecule has 0 spiro atoms. The van der Waals surface area contributed by atoms with Gasteiger partial charge in [0.25, 0.3) is 0 Å². The minimum absolute atomic E-state index is 0.417. The van der Waals surface area contributed by atoms with E-state index < -0.39 is 0 Å². The van der Waals surface area contributed by atoms with Gasteiger partial charge in [-0.2, -0.15) is 5.10 Å². The van der Waals surface area contributed by atoms with Gasteiger partial charge < -0.3 is 9.30 Å². The van der Waals surface area contributed by atoms with Gasteiger partial charge in [0.15, 0.2) is 5.65 Å². The minimum Gasteiger partial charge on any atom is -0.379 e. The van der Waals surface area contributed by atoms with E-state index in [9.17, 15) is 0 Å². The van der Waals surface area contributed by atoms with Gasteiger partial charge in [0.05, 0.1) is 18.2 Å². The highest BCUT2D eigenvalue weighted by Gasteiger charge is 2.21. The van der Waals surface area contributed by atoms with E-state index in [1.54, 1.807) is 0 Å². The fraction of sp³-hybridized carbons (Fsp3) is 0.714. The van der Waals surface area contributed by atoms with E-state index in [2.05, 4.69) is 21.6 Å². The van der Waals surface area contributed by atoms with E-state index in [0.717, 1.165) is 48.3 Å². The van der Waals surface area contributed by atoms with E-state index in [4.69, 9.17) is 16.3 Å². The molecule has 110 valence electrons. The molecule has 2 aromatic rings. The molecule has 0 saturated heterocycles. The summed E-state index contributed by atoms with van der Waals surface area (Å²) in [5.41, 5.74) is 2.99. The molecule has 1 fully saturated rings. The molecule has 0 unspecified atom stereocenters. The first-order chi connectivity index (χ1) is 9.74. The first-order valence-electron chi connectivity index (χ1n) is 7.30. The fourth-order valence-corrected chi connectivity index (χ4v) is 2.72. The second-order valence-corrected chi connectivity index (χ2v) is 5.67. The number of rotatable bonds is 7. The summed E-state index contributed by atoms with van der Waals surface area (Å²) < 4.78 is 9.88. The van der Waals surface area contributed by atoms with Crippen LogP contribution in [0.15, 0.2) is 0 Å². The van der Waals surface area contributed by atoms with Crippen LogP contribution >= 0.6 is 11.6 Å². The number of halogens is 1. The third-order valence-corrected chi connectivity index (χ3v) is 4.05. The molecule has 0 N–H and O–H groups in total. The van der Waals surface area contributed by atoms with Crippen LogP contribution < -0.4 is 0 Å². The van der Waals surface area contributed by atoms with E-state index in [1.165, 1.54) is 12.8 Å². The van der Waals surface area contributed by atoms with Crippen LogP contribution in [-0.2, 0) is 23.7 Å². The molecule has 1 aliphatic rings. The zero-order valence-corrected chi connectivity index (χ0v) is 12.9. The van der Waals surface area contributed by atoms with Crippen molar-refractivity contribution < 1.29 is 4.74 Å². The number of ether oxygens (including phenoxy) is 1. The molecular weight excluding hydrogens is 276 g/mol. The van der Waals surface area contributed by atoms with Crippen molar-refractivity contribution in [1.82, 2.24) is 19.3 Å². The van der Waals surface area contributed by atoms with Crippen LogP contribution in [0, 0.1) is 12.8 Å². The number of imidazole rings is 1. The Kier molecular flexibility index (Phi) is 3.98. The average Bonchev–Trinajstić information content (AvgIpc) is 3.12. The van der Waals surface area contributed by atoms with Crippen LogP contribution in [0.3, 0.4) is 0 Å². The number of hydrogen-bond acceptors (Lipinski definition) is 3. The molecule has 2 aromatic heterocycles. The topological polar surface area (TPSA) is 44.9 Å². The van der Waals surface area contributed by atoms with Crippen molar-refractivity contribution in [1.29, 1.82) is 0 Å². The highest BCUT2D eigenvalue weighted by Crippen LogP contribution is 2.28. The maximum atomic E-state index is 6.03. The first-order valence-corrected chi connectivity index (χ1v) is 7.84. The van der Waals surface area contributed by atoms with Crippen molar-refractivity contribution in [2.75, 3.05) is 13.2 Å². The average molecular weight is 297 g/mol. The Hall–Kier alpha value is -1.07. The summed E-state index contributed by atoms with van der Waals surface area (Å²) in [4.78, 5) is 4.62. The Morgan fingerprint density at radius 1 is 1.40 bits per heavy atom. The van der Waals surface area contributed by atoms with Crippen molar-refractivity contribution in [2.24, 2.45) is 5.92 Å². The molecule has 0 aromatic carbocycles. The summed E-state index contributed by atoms with van der Waals surface area (Å²) in [6.07, 6.45) is 2.65. The summed E-state index contributed by atoms with van der Waals surface area (Å²) in [6, 6.07) is 0. The van der Waals surface area contributed by atoms with Gasteiger partial charge in [-0.25, -0.2) is 9.67 Å². The molecule has 1 saturated carbocycles. The Bertz CT molecular complexity index is 600. The Balaban J connectivity index is 1.81. The number of aryl methyl sites for hydroxylation is 2. The van der Waals surface area contributed by atoms with Crippen molar-refractivity contribution in [3.63, 3.8) is 0 Å². The maximum absolute atomic E-state index is 6.03. The van der Waals surface area contributed by atoms with Crippen LogP contribution in [0.4, 0.5) is 0 Å². The third-order valence-electron chi connectivity index (χ3n) is 3.81. The van der Waals surface area contributed by atoms with E-state index in [-0.39, 0.29) is 0 Å². The normalized spacial score (nSPS) is 15.3. The zero-order chi connectivity index (χ0) is 14.1. The van der Waals surface area contributed by atoms with Gasteiger partial charge in [-0.05, 0) is 32.6 Å². The van der Waals surface area contributed by atoms with E-state index in [1.807, 2.05) is 11.6 Å². The van der Waals surface area contributed by atoms with Gasteiger partial charge in [-0.3, -0.25) is 0 Å². The SMILES string of the molecule is CCn1nc(C)c2nc(CCl)n(CCOCC3CC3)c21. The predicted molar refractivity (Wildman–Crippen MR) is 79.0 cm³/mol. The molecule has 6 heteroatoms. The maximum Gasteiger partial charge on any atom is 0.159 e. The molecule has 1 aliphatic carbocycles. The number of nitrogens with zero attached hydrogens (tertiary/aromatic N) is 4. The largest absolute Gasteiger partial charge is 0.379 e. The molecule has 3 rings (SSSR count). The highest BCUT2D eigenvalue weighted by molar-refractivity contribution is 6.16. The number of hydrogen-bond donors (Lipinski definition) is 0. The molecule has 20 heavy (non-hydrogen) atoms. The summed E-state index contributed by atoms with van der Waals surface area (Å²) in [5, 5.41) is 4.52. The van der Waals surface area contributed by atoms with Gasteiger partial charge in [-0.1, -0.05) is 0 Å². The second kappa shape index (κ2) is 5.74. The van der Waals surface area contributed by atoms with Crippen LogP contribution in [0.1, 0.15) is 31.3 Å². The molecular formula is C14H21ClN4O. The Morgan fingerprint density at radius 3 is 2.85 bits per heavy atom. The predicted octanol–water partition coefficient (Wildman–Crippen LogP) is 2.73. The second-order valence-electron chi connectivity index (χ2n) is 5.40. The molecule has 0 atom stereocenters. The monoisotopic (exact) mass is 296 g/mol. The summed E-state index contributed by atoms with van der Waals surface area (Å²) in [5.74, 6) is 2.12. The van der Waals surface area contributed by atoms with Crippen LogP contribution in [-0.4, -0.2) is 32.5 Å². The van der Waals surface area contributed by atoms with E-state index in [0.29, 0.717) is 12.5 Å². The first kappa shape index (κ1) is 13.9.